The number of amides is 1. The monoisotopic (exact) mass is 297 g/mol. The summed E-state index contributed by atoms with van der Waals surface area (Å²) < 4.78 is 5.31. The van der Waals surface area contributed by atoms with Gasteiger partial charge in [-0.05, 0) is 18.8 Å². The number of hydrogen-bond donors (Lipinski definition) is 3. The Morgan fingerprint density at radius 2 is 2.00 bits per heavy atom. The van der Waals surface area contributed by atoms with Gasteiger partial charge in [-0.2, -0.15) is 0 Å². The van der Waals surface area contributed by atoms with E-state index in [-0.39, 0.29) is 12.5 Å². The summed E-state index contributed by atoms with van der Waals surface area (Å²) in [7, 11) is 1.71. The molecular weight excluding hydrogens is 270 g/mol. The molecule has 2 rings (SSSR count). The molecule has 0 aromatic carbocycles. The Labute approximate surface area is 126 Å². The fourth-order valence-electron chi connectivity index (χ4n) is 2.18. The van der Waals surface area contributed by atoms with Gasteiger partial charge in [-0.25, -0.2) is 0 Å². The highest BCUT2D eigenvalue weighted by Crippen LogP contribution is 2.27. The standard InChI is InChI=1S/C14H27N5O2/c1-15-14(16-4-5-19-6-8-21-9-7-19)18-11-13(20)17-10-12-2-3-12/h12H,2-11H2,1H3,(H,17,20)(H2,15,16,18). The minimum absolute atomic E-state index is 0.0260. The number of nitrogens with zero attached hydrogens (tertiary/aromatic N) is 2. The number of rotatable bonds is 7. The highest BCUT2D eigenvalue weighted by molar-refractivity contribution is 5.86. The normalized spacial score (nSPS) is 20.1. The van der Waals surface area contributed by atoms with E-state index in [2.05, 4.69) is 25.8 Å². The average molecular weight is 297 g/mol. The molecule has 1 amide bonds. The van der Waals surface area contributed by atoms with Crippen LogP contribution in [0.15, 0.2) is 4.99 Å². The van der Waals surface area contributed by atoms with E-state index in [0.29, 0.717) is 11.9 Å². The highest BCUT2D eigenvalue weighted by Gasteiger charge is 2.21. The van der Waals surface area contributed by atoms with Crippen LogP contribution in [0.3, 0.4) is 0 Å². The highest BCUT2D eigenvalue weighted by atomic mass is 16.5. The van der Waals surface area contributed by atoms with E-state index in [4.69, 9.17) is 4.74 Å². The van der Waals surface area contributed by atoms with Gasteiger partial charge in [0.05, 0.1) is 19.8 Å². The lowest BCUT2D eigenvalue weighted by Gasteiger charge is -2.26. The Morgan fingerprint density at radius 1 is 1.24 bits per heavy atom. The van der Waals surface area contributed by atoms with E-state index in [9.17, 15) is 4.79 Å². The molecule has 0 aromatic rings. The second kappa shape index (κ2) is 8.84. The molecule has 0 spiro atoms. The van der Waals surface area contributed by atoms with E-state index in [1.54, 1.807) is 7.05 Å². The Morgan fingerprint density at radius 3 is 2.67 bits per heavy atom. The predicted octanol–water partition coefficient (Wildman–Crippen LogP) is -0.990. The van der Waals surface area contributed by atoms with Crippen LogP contribution in [-0.2, 0) is 9.53 Å². The van der Waals surface area contributed by atoms with Gasteiger partial charge in [0.2, 0.25) is 5.91 Å². The van der Waals surface area contributed by atoms with E-state index in [1.807, 2.05) is 0 Å². The number of aliphatic imine (C=N–C) groups is 1. The van der Waals surface area contributed by atoms with E-state index in [1.165, 1.54) is 12.8 Å². The summed E-state index contributed by atoms with van der Waals surface area (Å²) in [4.78, 5) is 18.1. The van der Waals surface area contributed by atoms with Crippen LogP contribution in [0, 0.1) is 5.92 Å². The van der Waals surface area contributed by atoms with Crippen molar-refractivity contribution in [3.05, 3.63) is 0 Å². The summed E-state index contributed by atoms with van der Waals surface area (Å²) in [5.41, 5.74) is 0. The quantitative estimate of drug-likeness (QED) is 0.415. The zero-order valence-corrected chi connectivity index (χ0v) is 12.9. The molecule has 7 nitrogen and oxygen atoms in total. The molecule has 3 N–H and O–H groups in total. The molecule has 120 valence electrons. The van der Waals surface area contributed by atoms with E-state index in [0.717, 1.165) is 45.9 Å². The predicted molar refractivity (Wildman–Crippen MR) is 82.4 cm³/mol. The van der Waals surface area contributed by atoms with Gasteiger partial charge in [-0.15, -0.1) is 0 Å². The largest absolute Gasteiger partial charge is 0.379 e. The van der Waals surface area contributed by atoms with Gasteiger partial charge in [-0.3, -0.25) is 14.7 Å². The maximum absolute atomic E-state index is 11.6. The first kappa shape index (κ1) is 16.0. The SMILES string of the molecule is CN=C(NCCN1CCOCC1)NCC(=O)NCC1CC1. The topological polar surface area (TPSA) is 78.0 Å². The molecule has 0 bridgehead atoms. The van der Waals surface area contributed by atoms with Gasteiger partial charge in [0.15, 0.2) is 5.96 Å². The molecule has 1 aliphatic heterocycles. The van der Waals surface area contributed by atoms with Crippen molar-refractivity contribution in [3.63, 3.8) is 0 Å². The Kier molecular flexibility index (Phi) is 6.75. The number of carbonyl (C=O) groups is 1. The molecule has 0 unspecified atom stereocenters. The second-order valence-electron chi connectivity index (χ2n) is 5.55. The summed E-state index contributed by atoms with van der Waals surface area (Å²) in [6.45, 7) is 6.44. The molecule has 0 aromatic heterocycles. The molecule has 1 saturated heterocycles. The minimum Gasteiger partial charge on any atom is -0.379 e. The zero-order valence-electron chi connectivity index (χ0n) is 12.9. The summed E-state index contributed by atoms with van der Waals surface area (Å²) >= 11 is 0. The van der Waals surface area contributed by atoms with Crippen molar-refractivity contribution in [1.82, 2.24) is 20.9 Å². The van der Waals surface area contributed by atoms with Gasteiger partial charge >= 0.3 is 0 Å². The van der Waals surface area contributed by atoms with Crippen molar-refractivity contribution in [3.8, 4) is 0 Å². The molecule has 2 aliphatic rings. The number of nitrogens with one attached hydrogen (secondary N) is 3. The Bertz CT molecular complexity index is 351. The molecule has 7 heteroatoms. The van der Waals surface area contributed by atoms with E-state index < -0.39 is 0 Å². The van der Waals surface area contributed by atoms with Crippen molar-refractivity contribution < 1.29 is 9.53 Å². The van der Waals surface area contributed by atoms with Crippen LogP contribution in [0.25, 0.3) is 0 Å². The molecule has 1 aliphatic carbocycles. The van der Waals surface area contributed by atoms with Gasteiger partial charge in [-0.1, -0.05) is 0 Å². The van der Waals surface area contributed by atoms with Crippen LogP contribution in [0.2, 0.25) is 0 Å². The molecule has 1 heterocycles. The number of ether oxygens (including phenoxy) is 1. The number of guanidine groups is 1. The van der Waals surface area contributed by atoms with Crippen LogP contribution in [-0.4, -0.2) is 76.3 Å². The van der Waals surface area contributed by atoms with E-state index >= 15 is 0 Å². The zero-order chi connectivity index (χ0) is 14.9. The molecular formula is C14H27N5O2. The lowest BCUT2D eigenvalue weighted by atomic mass is 10.4. The maximum atomic E-state index is 11.6. The first-order chi connectivity index (χ1) is 10.3. The van der Waals surface area contributed by atoms with Crippen LogP contribution < -0.4 is 16.0 Å². The third-order valence-electron chi connectivity index (χ3n) is 3.75. The third kappa shape index (κ3) is 6.77. The Balaban J connectivity index is 1.53. The van der Waals surface area contributed by atoms with Gasteiger partial charge in [0, 0.05) is 39.8 Å². The fourth-order valence-corrected chi connectivity index (χ4v) is 2.18. The number of morpholine rings is 1. The van der Waals surface area contributed by atoms with Crippen LogP contribution in [0.5, 0.6) is 0 Å². The number of hydrogen-bond acceptors (Lipinski definition) is 4. The fraction of sp³-hybridized carbons (Fsp3) is 0.857. The lowest BCUT2D eigenvalue weighted by Crippen LogP contribution is -2.46. The summed E-state index contributed by atoms with van der Waals surface area (Å²) in [6, 6.07) is 0. The van der Waals surface area contributed by atoms with Crippen molar-refractivity contribution in [2.45, 2.75) is 12.8 Å². The van der Waals surface area contributed by atoms with Crippen LogP contribution in [0.1, 0.15) is 12.8 Å². The van der Waals surface area contributed by atoms with Crippen molar-refractivity contribution in [2.24, 2.45) is 10.9 Å². The average Bonchev–Trinajstić information content (AvgIpc) is 3.34. The molecule has 0 radical (unpaired) electrons. The van der Waals surface area contributed by atoms with Gasteiger partial charge in [0.25, 0.3) is 0 Å². The molecule has 1 saturated carbocycles. The number of carbonyl (C=O) groups excluding carboxylic acids is 1. The minimum atomic E-state index is 0.0260. The van der Waals surface area contributed by atoms with Gasteiger partial charge in [0.1, 0.15) is 0 Å². The second-order valence-corrected chi connectivity index (χ2v) is 5.55. The summed E-state index contributed by atoms with van der Waals surface area (Å²) in [6.07, 6.45) is 2.50. The van der Waals surface area contributed by atoms with Crippen molar-refractivity contribution in [2.75, 3.05) is 59.5 Å². The molecule has 0 atom stereocenters. The maximum Gasteiger partial charge on any atom is 0.239 e. The van der Waals surface area contributed by atoms with Gasteiger partial charge < -0.3 is 20.7 Å². The molecule has 2 fully saturated rings. The third-order valence-corrected chi connectivity index (χ3v) is 3.75. The first-order valence-electron chi connectivity index (χ1n) is 7.79. The van der Waals surface area contributed by atoms with Crippen LogP contribution >= 0.6 is 0 Å². The smallest absolute Gasteiger partial charge is 0.239 e. The van der Waals surface area contributed by atoms with Crippen LogP contribution in [0.4, 0.5) is 0 Å². The lowest BCUT2D eigenvalue weighted by molar-refractivity contribution is -0.120. The summed E-state index contributed by atoms with van der Waals surface area (Å²) in [5.74, 6) is 1.41. The first-order valence-corrected chi connectivity index (χ1v) is 7.79. The summed E-state index contributed by atoms with van der Waals surface area (Å²) in [5, 5.41) is 9.19. The molecule has 21 heavy (non-hydrogen) atoms. The Hall–Kier alpha value is -1.34. The van der Waals surface area contributed by atoms with Crippen molar-refractivity contribution >= 4 is 11.9 Å². The van der Waals surface area contributed by atoms with Crippen molar-refractivity contribution in [1.29, 1.82) is 0 Å².